The lowest BCUT2D eigenvalue weighted by atomic mass is 10.1. The standard InChI is InChI=1S/C13H9ClN6O/c14-9-3-1-8(2-4-9)11(21)5-10(12-15-6-17-19-12)13-16-7-18-20-13/h1-7H,(H,15,17,19)(H,16,18,20). The molecule has 104 valence electrons. The van der Waals surface area contributed by atoms with E-state index >= 15 is 0 Å². The van der Waals surface area contributed by atoms with E-state index in [1.807, 2.05) is 0 Å². The first kappa shape index (κ1) is 13.2. The molecule has 3 aromatic rings. The number of halogens is 1. The molecule has 0 atom stereocenters. The van der Waals surface area contributed by atoms with Gasteiger partial charge in [-0.1, -0.05) is 11.6 Å². The molecule has 3 rings (SSSR count). The van der Waals surface area contributed by atoms with Crippen molar-refractivity contribution in [2.24, 2.45) is 0 Å². The summed E-state index contributed by atoms with van der Waals surface area (Å²) >= 11 is 5.81. The van der Waals surface area contributed by atoms with Crippen LogP contribution in [-0.2, 0) is 0 Å². The number of ketones is 1. The van der Waals surface area contributed by atoms with E-state index < -0.39 is 0 Å². The molecule has 0 radical (unpaired) electrons. The second-order valence-electron chi connectivity index (χ2n) is 4.10. The SMILES string of the molecule is O=C(C=C(c1ncn[nH]1)c1ncn[nH]1)c1ccc(Cl)cc1. The molecule has 0 spiro atoms. The molecular weight excluding hydrogens is 292 g/mol. The van der Waals surface area contributed by atoms with Crippen molar-refractivity contribution in [3.63, 3.8) is 0 Å². The van der Waals surface area contributed by atoms with Crippen LogP contribution in [0.25, 0.3) is 5.57 Å². The van der Waals surface area contributed by atoms with Gasteiger partial charge in [-0.2, -0.15) is 10.2 Å². The summed E-state index contributed by atoms with van der Waals surface area (Å²) in [6, 6.07) is 6.62. The summed E-state index contributed by atoms with van der Waals surface area (Å²) in [7, 11) is 0. The summed E-state index contributed by atoms with van der Waals surface area (Å²) in [5, 5.41) is 13.5. The van der Waals surface area contributed by atoms with E-state index in [9.17, 15) is 4.79 Å². The summed E-state index contributed by atoms with van der Waals surface area (Å²) in [5.74, 6) is 0.651. The fourth-order valence-electron chi connectivity index (χ4n) is 1.75. The molecular formula is C13H9ClN6O. The van der Waals surface area contributed by atoms with Gasteiger partial charge in [-0.05, 0) is 24.3 Å². The van der Waals surface area contributed by atoms with Crippen LogP contribution in [0.2, 0.25) is 5.02 Å². The molecule has 1 aromatic carbocycles. The van der Waals surface area contributed by atoms with E-state index in [1.165, 1.54) is 18.7 Å². The molecule has 0 saturated carbocycles. The molecule has 0 fully saturated rings. The average molecular weight is 301 g/mol. The number of hydrogen-bond donors (Lipinski definition) is 2. The summed E-state index contributed by atoms with van der Waals surface area (Å²) in [5.41, 5.74) is 0.987. The Morgan fingerprint density at radius 1 is 1.00 bits per heavy atom. The number of benzene rings is 1. The highest BCUT2D eigenvalue weighted by Crippen LogP contribution is 2.17. The van der Waals surface area contributed by atoms with Gasteiger partial charge in [-0.15, -0.1) is 0 Å². The molecule has 8 heteroatoms. The third kappa shape index (κ3) is 2.87. The second kappa shape index (κ2) is 5.68. The van der Waals surface area contributed by atoms with Crippen LogP contribution in [-0.4, -0.2) is 36.1 Å². The minimum Gasteiger partial charge on any atom is -0.289 e. The first-order chi connectivity index (χ1) is 10.2. The molecule has 0 bridgehead atoms. The monoisotopic (exact) mass is 300 g/mol. The fourth-order valence-corrected chi connectivity index (χ4v) is 1.87. The van der Waals surface area contributed by atoms with Crippen molar-refractivity contribution >= 4 is 23.0 Å². The molecule has 2 N–H and O–H groups in total. The lowest BCUT2D eigenvalue weighted by molar-refractivity contribution is 0.104. The zero-order chi connectivity index (χ0) is 14.7. The van der Waals surface area contributed by atoms with Crippen molar-refractivity contribution in [2.45, 2.75) is 0 Å². The van der Waals surface area contributed by atoms with Crippen LogP contribution in [0.3, 0.4) is 0 Å². The van der Waals surface area contributed by atoms with Crippen molar-refractivity contribution in [3.8, 4) is 0 Å². The fraction of sp³-hybridized carbons (Fsp3) is 0. The average Bonchev–Trinajstić information content (AvgIpc) is 3.19. The molecule has 0 unspecified atom stereocenters. The van der Waals surface area contributed by atoms with E-state index in [4.69, 9.17) is 11.6 Å². The van der Waals surface area contributed by atoms with Crippen LogP contribution < -0.4 is 0 Å². The summed E-state index contributed by atoms with van der Waals surface area (Å²) in [6.45, 7) is 0. The van der Waals surface area contributed by atoms with E-state index in [1.54, 1.807) is 24.3 Å². The van der Waals surface area contributed by atoms with Crippen LogP contribution in [0.15, 0.2) is 43.0 Å². The number of nitrogens with zero attached hydrogens (tertiary/aromatic N) is 4. The van der Waals surface area contributed by atoms with Gasteiger partial charge in [0.1, 0.15) is 12.7 Å². The van der Waals surface area contributed by atoms with Gasteiger partial charge in [0.05, 0.1) is 5.57 Å². The predicted octanol–water partition coefficient (Wildman–Crippen LogP) is 1.89. The lowest BCUT2D eigenvalue weighted by Gasteiger charge is -2.01. The molecule has 21 heavy (non-hydrogen) atoms. The van der Waals surface area contributed by atoms with Crippen LogP contribution in [0.5, 0.6) is 0 Å². The van der Waals surface area contributed by atoms with Gasteiger partial charge in [0, 0.05) is 16.7 Å². The van der Waals surface area contributed by atoms with E-state index in [-0.39, 0.29) is 5.78 Å². The Labute approximate surface area is 124 Å². The number of aromatic amines is 2. The first-order valence-corrected chi connectivity index (χ1v) is 6.35. The molecule has 7 nitrogen and oxygen atoms in total. The Balaban J connectivity index is 2.00. The molecule has 0 aliphatic heterocycles. The van der Waals surface area contributed by atoms with Gasteiger partial charge in [-0.25, -0.2) is 9.97 Å². The van der Waals surface area contributed by atoms with Crippen LogP contribution in [0.4, 0.5) is 0 Å². The minimum atomic E-state index is -0.200. The van der Waals surface area contributed by atoms with Crippen molar-refractivity contribution in [3.05, 3.63) is 65.2 Å². The number of allylic oxidation sites excluding steroid dienone is 1. The van der Waals surface area contributed by atoms with Gasteiger partial charge >= 0.3 is 0 Å². The highest BCUT2D eigenvalue weighted by Gasteiger charge is 2.14. The number of carbonyl (C=O) groups is 1. The van der Waals surface area contributed by atoms with Gasteiger partial charge in [0.15, 0.2) is 17.4 Å². The highest BCUT2D eigenvalue weighted by molar-refractivity contribution is 6.30. The molecule has 2 heterocycles. The van der Waals surface area contributed by atoms with Gasteiger partial charge in [0.25, 0.3) is 0 Å². The Morgan fingerprint density at radius 3 is 2.05 bits per heavy atom. The van der Waals surface area contributed by atoms with Crippen molar-refractivity contribution in [1.29, 1.82) is 0 Å². The smallest absolute Gasteiger partial charge is 0.186 e. The van der Waals surface area contributed by atoms with Crippen LogP contribution in [0.1, 0.15) is 22.0 Å². The Hall–Kier alpha value is -2.80. The van der Waals surface area contributed by atoms with Crippen molar-refractivity contribution in [2.75, 3.05) is 0 Å². The first-order valence-electron chi connectivity index (χ1n) is 5.97. The van der Waals surface area contributed by atoms with E-state index in [0.717, 1.165) is 0 Å². The number of H-pyrrole nitrogens is 2. The summed E-state index contributed by atoms with van der Waals surface area (Å²) in [4.78, 5) is 20.4. The Bertz CT molecular complexity index is 725. The van der Waals surface area contributed by atoms with Crippen LogP contribution in [0, 0.1) is 0 Å². The third-order valence-electron chi connectivity index (χ3n) is 2.74. The number of rotatable bonds is 4. The molecule has 0 amide bonds. The number of aromatic nitrogens is 6. The largest absolute Gasteiger partial charge is 0.289 e. The number of hydrogen-bond acceptors (Lipinski definition) is 5. The van der Waals surface area contributed by atoms with Gasteiger partial charge in [-0.3, -0.25) is 15.0 Å². The third-order valence-corrected chi connectivity index (χ3v) is 3.00. The van der Waals surface area contributed by atoms with Gasteiger partial charge in [0.2, 0.25) is 0 Å². The molecule has 2 aromatic heterocycles. The predicted molar refractivity (Wildman–Crippen MR) is 75.6 cm³/mol. The highest BCUT2D eigenvalue weighted by atomic mass is 35.5. The van der Waals surface area contributed by atoms with Gasteiger partial charge < -0.3 is 0 Å². The van der Waals surface area contributed by atoms with Crippen LogP contribution >= 0.6 is 11.6 Å². The lowest BCUT2D eigenvalue weighted by Crippen LogP contribution is -2.00. The second-order valence-corrected chi connectivity index (χ2v) is 4.53. The quantitative estimate of drug-likeness (QED) is 0.566. The number of nitrogens with one attached hydrogen (secondary N) is 2. The maximum Gasteiger partial charge on any atom is 0.186 e. The summed E-state index contributed by atoms with van der Waals surface area (Å²) in [6.07, 6.45) is 4.13. The topological polar surface area (TPSA) is 100 Å². The molecule has 0 aliphatic rings. The zero-order valence-corrected chi connectivity index (χ0v) is 11.4. The molecule has 0 aliphatic carbocycles. The normalized spacial score (nSPS) is 10.3. The molecule has 0 saturated heterocycles. The van der Waals surface area contributed by atoms with Crippen molar-refractivity contribution in [1.82, 2.24) is 30.4 Å². The minimum absolute atomic E-state index is 0.200. The number of carbonyl (C=O) groups excluding carboxylic acids is 1. The summed E-state index contributed by atoms with van der Waals surface area (Å²) < 4.78 is 0. The Kier molecular flexibility index (Phi) is 3.57. The maximum atomic E-state index is 12.3. The zero-order valence-electron chi connectivity index (χ0n) is 10.6. The Morgan fingerprint density at radius 2 is 1.57 bits per heavy atom. The van der Waals surface area contributed by atoms with E-state index in [0.29, 0.717) is 27.8 Å². The maximum absolute atomic E-state index is 12.3. The van der Waals surface area contributed by atoms with E-state index in [2.05, 4.69) is 30.4 Å². The van der Waals surface area contributed by atoms with Crippen molar-refractivity contribution < 1.29 is 4.79 Å².